The highest BCUT2D eigenvalue weighted by Crippen LogP contribution is 2.23. The monoisotopic (exact) mass is 284 g/mol. The molecule has 0 saturated heterocycles. The topological polar surface area (TPSA) is 64.3 Å². The van der Waals surface area contributed by atoms with E-state index in [-0.39, 0.29) is 30.2 Å². The zero-order chi connectivity index (χ0) is 14.7. The summed E-state index contributed by atoms with van der Waals surface area (Å²) in [5.74, 6) is -1.90. The molecule has 0 aromatic heterocycles. The van der Waals surface area contributed by atoms with Gasteiger partial charge in [0.1, 0.15) is 11.6 Å². The van der Waals surface area contributed by atoms with Gasteiger partial charge >= 0.3 is 0 Å². The highest BCUT2D eigenvalue weighted by Gasteiger charge is 2.40. The van der Waals surface area contributed by atoms with Crippen molar-refractivity contribution < 1.29 is 18.3 Å². The number of amides is 1. The average Bonchev–Trinajstić information content (AvgIpc) is 2.40. The van der Waals surface area contributed by atoms with E-state index in [1.54, 1.807) is 0 Å². The van der Waals surface area contributed by atoms with E-state index in [1.165, 1.54) is 6.07 Å². The van der Waals surface area contributed by atoms with Gasteiger partial charge in [0, 0.05) is 18.2 Å². The van der Waals surface area contributed by atoms with Crippen LogP contribution in [0.5, 0.6) is 0 Å². The lowest BCUT2D eigenvalue weighted by Crippen LogP contribution is -2.65. The van der Waals surface area contributed by atoms with Crippen LogP contribution in [-0.2, 0) is 16.0 Å². The number of carbonyl (C=O) groups is 1. The molecule has 3 unspecified atom stereocenters. The second kappa shape index (κ2) is 6.28. The fraction of sp³-hybridized carbons (Fsp3) is 0.500. The molecule has 6 heteroatoms. The third kappa shape index (κ3) is 3.13. The first-order valence-corrected chi connectivity index (χ1v) is 6.62. The first kappa shape index (κ1) is 14.9. The van der Waals surface area contributed by atoms with Crippen molar-refractivity contribution in [3.63, 3.8) is 0 Å². The molecule has 1 fully saturated rings. The minimum Gasteiger partial charge on any atom is -0.376 e. The second-order valence-electron chi connectivity index (χ2n) is 4.86. The van der Waals surface area contributed by atoms with Crippen molar-refractivity contribution in [1.29, 1.82) is 0 Å². The molecule has 4 nitrogen and oxygen atoms in total. The first-order valence-electron chi connectivity index (χ1n) is 6.62. The lowest BCUT2D eigenvalue weighted by molar-refractivity contribution is -0.125. The Morgan fingerprint density at radius 1 is 1.45 bits per heavy atom. The normalized spacial score (nSPS) is 25.1. The third-order valence-corrected chi connectivity index (χ3v) is 3.47. The van der Waals surface area contributed by atoms with Crippen LogP contribution in [0, 0.1) is 11.6 Å². The van der Waals surface area contributed by atoms with Gasteiger partial charge in [-0.2, -0.15) is 0 Å². The number of nitrogens with one attached hydrogen (secondary N) is 1. The molecule has 1 aromatic carbocycles. The molecule has 0 heterocycles. The Morgan fingerprint density at radius 2 is 2.10 bits per heavy atom. The van der Waals surface area contributed by atoms with Crippen LogP contribution in [0.15, 0.2) is 18.2 Å². The van der Waals surface area contributed by atoms with Gasteiger partial charge in [-0.1, -0.05) is 6.07 Å². The van der Waals surface area contributed by atoms with Gasteiger partial charge in [-0.15, -0.1) is 0 Å². The molecule has 0 spiro atoms. The lowest BCUT2D eigenvalue weighted by Gasteiger charge is -2.42. The Labute approximate surface area is 116 Å². The zero-order valence-corrected chi connectivity index (χ0v) is 11.2. The Morgan fingerprint density at radius 3 is 2.65 bits per heavy atom. The molecular formula is C14H18F2N2O2. The fourth-order valence-electron chi connectivity index (χ4n) is 2.33. The van der Waals surface area contributed by atoms with E-state index in [1.807, 2.05) is 6.92 Å². The van der Waals surface area contributed by atoms with Crippen LogP contribution in [0.3, 0.4) is 0 Å². The Kier molecular flexibility index (Phi) is 4.67. The van der Waals surface area contributed by atoms with Gasteiger partial charge < -0.3 is 15.8 Å². The van der Waals surface area contributed by atoms with Gasteiger partial charge in [0.15, 0.2) is 0 Å². The van der Waals surface area contributed by atoms with E-state index in [9.17, 15) is 13.6 Å². The number of nitrogens with two attached hydrogens (primary N) is 1. The predicted octanol–water partition coefficient (Wildman–Crippen LogP) is 1.13. The molecule has 20 heavy (non-hydrogen) atoms. The molecular weight excluding hydrogens is 266 g/mol. The average molecular weight is 284 g/mol. The molecule has 1 aliphatic rings. The molecule has 0 aliphatic heterocycles. The number of carbonyl (C=O) groups excluding carboxylic acids is 1. The van der Waals surface area contributed by atoms with Gasteiger partial charge in [0.25, 0.3) is 0 Å². The Hall–Kier alpha value is -1.53. The summed E-state index contributed by atoms with van der Waals surface area (Å²) in [5.41, 5.74) is 5.57. The summed E-state index contributed by atoms with van der Waals surface area (Å²) in [4.78, 5) is 11.9. The summed E-state index contributed by atoms with van der Waals surface area (Å²) >= 11 is 0. The van der Waals surface area contributed by atoms with Crippen molar-refractivity contribution in [2.45, 2.75) is 38.0 Å². The standard InChI is InChI=1S/C14H18F2N2O2/c1-2-20-12-7-11(17)14(12)18-13(19)6-8-9(15)4-3-5-10(8)16/h3-5,11-12,14H,2,6-7,17H2,1H3,(H,18,19). The maximum absolute atomic E-state index is 13.4. The van der Waals surface area contributed by atoms with E-state index >= 15 is 0 Å². The second-order valence-corrected chi connectivity index (χ2v) is 4.86. The summed E-state index contributed by atoms with van der Waals surface area (Å²) in [5, 5.41) is 2.68. The van der Waals surface area contributed by atoms with Crippen molar-refractivity contribution in [1.82, 2.24) is 5.32 Å². The van der Waals surface area contributed by atoms with E-state index in [0.29, 0.717) is 13.0 Å². The highest BCUT2D eigenvalue weighted by molar-refractivity contribution is 5.79. The molecule has 0 radical (unpaired) electrons. The quantitative estimate of drug-likeness (QED) is 0.852. The maximum atomic E-state index is 13.4. The third-order valence-electron chi connectivity index (χ3n) is 3.47. The molecule has 1 amide bonds. The number of halogens is 2. The van der Waals surface area contributed by atoms with Crippen LogP contribution in [0.1, 0.15) is 18.9 Å². The smallest absolute Gasteiger partial charge is 0.225 e. The van der Waals surface area contributed by atoms with Gasteiger partial charge in [0.2, 0.25) is 5.91 Å². The van der Waals surface area contributed by atoms with E-state index in [0.717, 1.165) is 12.1 Å². The molecule has 1 saturated carbocycles. The molecule has 2 rings (SSSR count). The highest BCUT2D eigenvalue weighted by atomic mass is 19.1. The van der Waals surface area contributed by atoms with Crippen LogP contribution in [0.25, 0.3) is 0 Å². The van der Waals surface area contributed by atoms with E-state index in [4.69, 9.17) is 10.5 Å². The molecule has 1 aliphatic carbocycles. The summed E-state index contributed by atoms with van der Waals surface area (Å²) in [6.07, 6.45) is 0.206. The molecule has 3 atom stereocenters. The van der Waals surface area contributed by atoms with Crippen LogP contribution in [-0.4, -0.2) is 30.7 Å². The Bertz CT molecular complexity index is 474. The number of benzene rings is 1. The van der Waals surface area contributed by atoms with Crippen LogP contribution >= 0.6 is 0 Å². The van der Waals surface area contributed by atoms with Crippen LogP contribution in [0.2, 0.25) is 0 Å². The number of hydrogen-bond acceptors (Lipinski definition) is 3. The minimum absolute atomic E-state index is 0.121. The summed E-state index contributed by atoms with van der Waals surface area (Å²) in [6.45, 7) is 2.39. The summed E-state index contributed by atoms with van der Waals surface area (Å²) < 4.78 is 32.3. The molecule has 3 N–H and O–H groups in total. The number of rotatable bonds is 5. The van der Waals surface area contributed by atoms with E-state index < -0.39 is 17.5 Å². The maximum Gasteiger partial charge on any atom is 0.225 e. The summed E-state index contributed by atoms with van der Waals surface area (Å²) in [6, 6.07) is 3.05. The van der Waals surface area contributed by atoms with Crippen molar-refractivity contribution in [2.75, 3.05) is 6.61 Å². The van der Waals surface area contributed by atoms with Crippen LogP contribution in [0.4, 0.5) is 8.78 Å². The first-order chi connectivity index (χ1) is 9.52. The van der Waals surface area contributed by atoms with Gasteiger partial charge in [0.05, 0.1) is 18.6 Å². The van der Waals surface area contributed by atoms with Crippen molar-refractivity contribution in [3.05, 3.63) is 35.4 Å². The zero-order valence-electron chi connectivity index (χ0n) is 11.2. The number of ether oxygens (including phenoxy) is 1. The van der Waals surface area contributed by atoms with Crippen molar-refractivity contribution in [2.24, 2.45) is 5.73 Å². The minimum atomic E-state index is -0.723. The van der Waals surface area contributed by atoms with Crippen molar-refractivity contribution in [3.8, 4) is 0 Å². The molecule has 0 bridgehead atoms. The molecule has 110 valence electrons. The Balaban J connectivity index is 1.96. The van der Waals surface area contributed by atoms with Gasteiger partial charge in [-0.05, 0) is 25.5 Å². The largest absolute Gasteiger partial charge is 0.376 e. The SMILES string of the molecule is CCOC1CC(N)C1NC(=O)Cc1c(F)cccc1F. The van der Waals surface area contributed by atoms with Gasteiger partial charge in [-0.25, -0.2) is 8.78 Å². The predicted molar refractivity (Wildman–Crippen MR) is 70.0 cm³/mol. The van der Waals surface area contributed by atoms with E-state index in [2.05, 4.69) is 5.32 Å². The van der Waals surface area contributed by atoms with Crippen molar-refractivity contribution >= 4 is 5.91 Å². The molecule has 1 aromatic rings. The lowest BCUT2D eigenvalue weighted by atomic mass is 9.83. The summed E-state index contributed by atoms with van der Waals surface area (Å²) in [7, 11) is 0. The fourth-order valence-corrected chi connectivity index (χ4v) is 2.33. The van der Waals surface area contributed by atoms with Crippen LogP contribution < -0.4 is 11.1 Å². The number of hydrogen-bond donors (Lipinski definition) is 2. The van der Waals surface area contributed by atoms with Gasteiger partial charge in [-0.3, -0.25) is 4.79 Å².